The van der Waals surface area contributed by atoms with Gasteiger partial charge in [0, 0.05) is 29.5 Å². The highest BCUT2D eigenvalue weighted by Gasteiger charge is 2.38. The van der Waals surface area contributed by atoms with Gasteiger partial charge in [0.25, 0.3) is 0 Å². The third-order valence-corrected chi connectivity index (χ3v) is 3.41. The molecule has 0 spiro atoms. The highest BCUT2D eigenvalue weighted by Crippen LogP contribution is 2.33. The predicted octanol–water partition coefficient (Wildman–Crippen LogP) is 2.03. The van der Waals surface area contributed by atoms with E-state index >= 15 is 0 Å². The maximum Gasteiger partial charge on any atom is 0.237 e. The quantitative estimate of drug-likeness (QED) is 0.707. The van der Waals surface area contributed by atoms with E-state index in [2.05, 4.69) is 21.1 Å². The van der Waals surface area contributed by atoms with Crippen LogP contribution < -0.4 is 10.9 Å². The summed E-state index contributed by atoms with van der Waals surface area (Å²) in [6.45, 7) is 2.54. The lowest BCUT2D eigenvalue weighted by Gasteiger charge is -2.12. The van der Waals surface area contributed by atoms with Gasteiger partial charge in [0.05, 0.1) is 0 Å². The summed E-state index contributed by atoms with van der Waals surface area (Å²) in [5.41, 5.74) is 5.08. The Bertz CT molecular complexity index is 776. The van der Waals surface area contributed by atoms with Gasteiger partial charge >= 0.3 is 0 Å². The molecular formula is C14H13Cl2N5O3. The molecule has 0 unspecified atom stereocenters. The van der Waals surface area contributed by atoms with Crippen LogP contribution in [0.4, 0.5) is 0 Å². The minimum Gasteiger partial charge on any atom is -0.461 e. The first-order valence-electron chi connectivity index (χ1n) is 6.69. The van der Waals surface area contributed by atoms with Gasteiger partial charge in [-0.2, -0.15) is 10.2 Å². The first-order chi connectivity index (χ1) is 11.3. The molecule has 1 aliphatic heterocycles. The molecule has 1 saturated heterocycles. The SMILES string of the molecule is CC(=O)NN=C1/C(=N\NC(C)=O)C(=N)O[C@@H]1c1ccc(Cl)cc1Cl. The van der Waals surface area contributed by atoms with Crippen LogP contribution in [0.25, 0.3) is 0 Å². The van der Waals surface area contributed by atoms with Crippen molar-refractivity contribution in [2.75, 3.05) is 0 Å². The number of nitrogens with one attached hydrogen (secondary N) is 3. The second-order valence-electron chi connectivity index (χ2n) is 4.79. The molecule has 10 heteroatoms. The van der Waals surface area contributed by atoms with E-state index in [9.17, 15) is 9.59 Å². The fourth-order valence-electron chi connectivity index (χ4n) is 1.89. The van der Waals surface area contributed by atoms with Gasteiger partial charge in [-0.05, 0) is 12.1 Å². The molecule has 0 radical (unpaired) electrons. The average Bonchev–Trinajstić information content (AvgIpc) is 2.78. The van der Waals surface area contributed by atoms with E-state index in [-0.39, 0.29) is 17.3 Å². The van der Waals surface area contributed by atoms with Crippen LogP contribution >= 0.6 is 23.2 Å². The Balaban J connectivity index is 2.48. The van der Waals surface area contributed by atoms with Gasteiger partial charge in [-0.3, -0.25) is 15.0 Å². The lowest BCUT2D eigenvalue weighted by molar-refractivity contribution is -0.119. The molecule has 0 aliphatic carbocycles. The molecule has 2 rings (SSSR count). The fraction of sp³-hybridized carbons (Fsp3) is 0.214. The molecule has 0 bridgehead atoms. The van der Waals surface area contributed by atoms with Crippen LogP contribution in [0.5, 0.6) is 0 Å². The van der Waals surface area contributed by atoms with Crippen molar-refractivity contribution < 1.29 is 14.3 Å². The summed E-state index contributed by atoms with van der Waals surface area (Å²) in [6, 6.07) is 4.74. The summed E-state index contributed by atoms with van der Waals surface area (Å²) in [6.07, 6.45) is -0.873. The number of rotatable bonds is 3. The van der Waals surface area contributed by atoms with Gasteiger partial charge in [-0.25, -0.2) is 10.9 Å². The molecule has 1 heterocycles. The molecule has 1 fully saturated rings. The minimum absolute atomic E-state index is 0.0185. The average molecular weight is 370 g/mol. The van der Waals surface area contributed by atoms with Crippen molar-refractivity contribution in [1.29, 1.82) is 5.41 Å². The van der Waals surface area contributed by atoms with Gasteiger partial charge in [0.1, 0.15) is 5.71 Å². The van der Waals surface area contributed by atoms with Crippen LogP contribution in [0.1, 0.15) is 25.5 Å². The van der Waals surface area contributed by atoms with Crippen molar-refractivity contribution in [3.63, 3.8) is 0 Å². The van der Waals surface area contributed by atoms with Crippen LogP contribution in [0.15, 0.2) is 28.4 Å². The van der Waals surface area contributed by atoms with E-state index in [1.807, 2.05) is 0 Å². The monoisotopic (exact) mass is 369 g/mol. The number of carbonyl (C=O) groups is 2. The molecule has 1 aromatic rings. The highest BCUT2D eigenvalue weighted by atomic mass is 35.5. The summed E-state index contributed by atoms with van der Waals surface area (Å²) in [5, 5.41) is 16.4. The van der Waals surface area contributed by atoms with Crippen LogP contribution in [0.3, 0.4) is 0 Å². The topological polar surface area (TPSA) is 116 Å². The van der Waals surface area contributed by atoms with Gasteiger partial charge in [0.15, 0.2) is 11.8 Å². The second kappa shape index (κ2) is 7.41. The first kappa shape index (κ1) is 17.9. The van der Waals surface area contributed by atoms with Crippen molar-refractivity contribution in [2.45, 2.75) is 20.0 Å². The molecule has 0 aromatic heterocycles. The Morgan fingerprint density at radius 2 is 1.79 bits per heavy atom. The van der Waals surface area contributed by atoms with E-state index in [0.717, 1.165) is 0 Å². The van der Waals surface area contributed by atoms with E-state index < -0.39 is 17.9 Å². The highest BCUT2D eigenvalue weighted by molar-refractivity contribution is 6.69. The number of amides is 2. The Morgan fingerprint density at radius 3 is 2.38 bits per heavy atom. The lowest BCUT2D eigenvalue weighted by atomic mass is 10.0. The third kappa shape index (κ3) is 4.09. The standard InChI is InChI=1S/C14H13Cl2N5O3/c1-6(22)18-20-11-12(21-19-7(2)23)14(17)24-13(11)9-4-3-8(15)5-10(9)16/h3-5,13,17H,1-2H3,(H,18,22)(H,19,23)/b17-14?,20-11?,21-12+/t13-/m1/s1. The van der Waals surface area contributed by atoms with Crippen LogP contribution in [0.2, 0.25) is 10.0 Å². The van der Waals surface area contributed by atoms with Gasteiger partial charge < -0.3 is 4.74 Å². The first-order valence-corrected chi connectivity index (χ1v) is 7.44. The zero-order chi connectivity index (χ0) is 17.9. The smallest absolute Gasteiger partial charge is 0.237 e. The maximum absolute atomic E-state index is 11.1. The molecule has 1 atom stereocenters. The zero-order valence-electron chi connectivity index (χ0n) is 12.7. The summed E-state index contributed by atoms with van der Waals surface area (Å²) in [7, 11) is 0. The molecule has 2 amide bonds. The van der Waals surface area contributed by atoms with Gasteiger partial charge in [0.2, 0.25) is 17.7 Å². The summed E-state index contributed by atoms with van der Waals surface area (Å²) < 4.78 is 5.45. The molecule has 8 nitrogen and oxygen atoms in total. The van der Waals surface area contributed by atoms with Gasteiger partial charge in [-0.15, -0.1) is 0 Å². The number of ether oxygens (including phenoxy) is 1. The number of carbonyl (C=O) groups excluding carboxylic acids is 2. The maximum atomic E-state index is 11.1. The Kier molecular flexibility index (Phi) is 5.53. The number of hydrazone groups is 2. The minimum atomic E-state index is -0.873. The van der Waals surface area contributed by atoms with Crippen molar-refractivity contribution >= 4 is 52.3 Å². The summed E-state index contributed by atoms with van der Waals surface area (Å²) >= 11 is 12.1. The molecule has 3 N–H and O–H groups in total. The third-order valence-electron chi connectivity index (χ3n) is 2.85. The van der Waals surface area contributed by atoms with E-state index in [1.165, 1.54) is 19.9 Å². The number of nitrogens with zero attached hydrogens (tertiary/aromatic N) is 2. The molecule has 0 saturated carbocycles. The Morgan fingerprint density at radius 1 is 1.17 bits per heavy atom. The number of hydrogen-bond donors (Lipinski definition) is 3. The lowest BCUT2D eigenvalue weighted by Crippen LogP contribution is -2.26. The number of halogens is 2. The predicted molar refractivity (Wildman–Crippen MR) is 90.5 cm³/mol. The number of benzene rings is 1. The van der Waals surface area contributed by atoms with Crippen LogP contribution in [-0.4, -0.2) is 29.1 Å². The van der Waals surface area contributed by atoms with Crippen molar-refractivity contribution in [2.24, 2.45) is 10.2 Å². The van der Waals surface area contributed by atoms with Crippen molar-refractivity contribution in [1.82, 2.24) is 10.9 Å². The van der Waals surface area contributed by atoms with Gasteiger partial charge in [-0.1, -0.05) is 29.3 Å². The molecule has 24 heavy (non-hydrogen) atoms. The van der Waals surface area contributed by atoms with E-state index in [4.69, 9.17) is 33.3 Å². The van der Waals surface area contributed by atoms with Crippen molar-refractivity contribution in [3.05, 3.63) is 33.8 Å². The van der Waals surface area contributed by atoms with E-state index in [0.29, 0.717) is 15.6 Å². The largest absolute Gasteiger partial charge is 0.461 e. The van der Waals surface area contributed by atoms with E-state index in [1.54, 1.807) is 12.1 Å². The summed E-state index contributed by atoms with van der Waals surface area (Å²) in [5.74, 6) is -1.16. The second-order valence-corrected chi connectivity index (χ2v) is 5.63. The Labute approximate surface area is 147 Å². The fourth-order valence-corrected chi connectivity index (χ4v) is 2.40. The van der Waals surface area contributed by atoms with Crippen LogP contribution in [0, 0.1) is 5.41 Å². The number of hydrogen-bond acceptors (Lipinski definition) is 6. The molecule has 1 aliphatic rings. The van der Waals surface area contributed by atoms with Crippen molar-refractivity contribution in [3.8, 4) is 0 Å². The summed E-state index contributed by atoms with van der Waals surface area (Å²) in [4.78, 5) is 22.2. The molecular weight excluding hydrogens is 357 g/mol. The normalized spacial score (nSPS) is 20.2. The zero-order valence-corrected chi connectivity index (χ0v) is 14.2. The molecule has 126 valence electrons. The Hall–Kier alpha value is -2.45. The van der Waals surface area contributed by atoms with Crippen LogP contribution in [-0.2, 0) is 14.3 Å². The molecule has 1 aromatic carbocycles.